The van der Waals surface area contributed by atoms with E-state index in [2.05, 4.69) is 5.32 Å². The molecule has 3 rings (SSSR count). The van der Waals surface area contributed by atoms with Gasteiger partial charge in [-0.1, -0.05) is 6.07 Å². The molecule has 3 unspecified atom stereocenters. The van der Waals surface area contributed by atoms with E-state index >= 15 is 0 Å². The van der Waals surface area contributed by atoms with Crippen LogP contribution < -0.4 is 5.32 Å². The number of aliphatic hydroxyl groups is 2. The first-order valence-corrected chi connectivity index (χ1v) is 6.29. The molecule has 1 saturated heterocycles. The number of piperidine rings is 1. The first-order chi connectivity index (χ1) is 9.50. The Morgan fingerprint density at radius 1 is 1.20 bits per heavy atom. The number of rotatable bonds is 1. The van der Waals surface area contributed by atoms with Gasteiger partial charge in [-0.3, -0.25) is 19.8 Å². The molecule has 2 aliphatic rings. The Morgan fingerprint density at radius 2 is 1.95 bits per heavy atom. The summed E-state index contributed by atoms with van der Waals surface area (Å²) in [6.45, 7) is 0. The van der Waals surface area contributed by atoms with Crippen LogP contribution in [0.4, 0.5) is 4.39 Å². The van der Waals surface area contributed by atoms with Gasteiger partial charge in [0.25, 0.3) is 11.8 Å². The van der Waals surface area contributed by atoms with E-state index in [4.69, 9.17) is 0 Å². The first kappa shape index (κ1) is 13.2. The maximum absolute atomic E-state index is 13.7. The Hall–Kier alpha value is -1.83. The van der Waals surface area contributed by atoms with Gasteiger partial charge in [-0.05, 0) is 25.0 Å². The summed E-state index contributed by atoms with van der Waals surface area (Å²) in [5.41, 5.74) is -0.246. The van der Waals surface area contributed by atoms with E-state index in [1.165, 1.54) is 12.1 Å². The van der Waals surface area contributed by atoms with Crippen molar-refractivity contribution in [3.8, 4) is 0 Å². The van der Waals surface area contributed by atoms with Crippen molar-refractivity contribution in [3.05, 3.63) is 35.1 Å². The maximum atomic E-state index is 13.7. The second-order valence-corrected chi connectivity index (χ2v) is 4.91. The Bertz CT molecular complexity index is 592. The summed E-state index contributed by atoms with van der Waals surface area (Å²) < 4.78 is 13.7. The SMILES string of the molecule is O=C1c2cccc(F)c2C(=O)N1C1CCC(O)NC1O. The van der Waals surface area contributed by atoms with Gasteiger partial charge in [-0.2, -0.15) is 0 Å². The average molecular weight is 280 g/mol. The molecule has 6 nitrogen and oxygen atoms in total. The van der Waals surface area contributed by atoms with Crippen LogP contribution in [-0.4, -0.2) is 45.4 Å². The second kappa shape index (κ2) is 4.62. The number of amides is 2. The molecule has 0 aliphatic carbocycles. The van der Waals surface area contributed by atoms with E-state index in [-0.39, 0.29) is 24.0 Å². The van der Waals surface area contributed by atoms with Crippen molar-refractivity contribution in [3.63, 3.8) is 0 Å². The Balaban J connectivity index is 1.96. The number of nitrogens with zero attached hydrogens (tertiary/aromatic N) is 1. The Morgan fingerprint density at radius 3 is 2.60 bits per heavy atom. The molecule has 0 radical (unpaired) electrons. The maximum Gasteiger partial charge on any atom is 0.264 e. The molecule has 2 aliphatic heterocycles. The average Bonchev–Trinajstić information content (AvgIpc) is 2.64. The van der Waals surface area contributed by atoms with E-state index in [0.29, 0.717) is 0 Å². The van der Waals surface area contributed by atoms with Gasteiger partial charge in [0.15, 0.2) is 0 Å². The number of hydrogen-bond donors (Lipinski definition) is 3. The monoisotopic (exact) mass is 280 g/mol. The van der Waals surface area contributed by atoms with Crippen LogP contribution in [0.5, 0.6) is 0 Å². The molecule has 0 aromatic heterocycles. The zero-order valence-corrected chi connectivity index (χ0v) is 10.4. The highest BCUT2D eigenvalue weighted by atomic mass is 19.1. The summed E-state index contributed by atoms with van der Waals surface area (Å²) in [6.07, 6.45) is -1.57. The van der Waals surface area contributed by atoms with Crippen molar-refractivity contribution in [2.75, 3.05) is 0 Å². The van der Waals surface area contributed by atoms with E-state index in [9.17, 15) is 24.2 Å². The van der Waals surface area contributed by atoms with Crippen LogP contribution in [0.2, 0.25) is 0 Å². The fourth-order valence-electron chi connectivity index (χ4n) is 2.71. The molecule has 1 aromatic carbocycles. The van der Waals surface area contributed by atoms with Crippen LogP contribution in [0, 0.1) is 5.82 Å². The third kappa shape index (κ3) is 1.82. The molecule has 0 bridgehead atoms. The molecule has 2 heterocycles. The van der Waals surface area contributed by atoms with Gasteiger partial charge < -0.3 is 10.2 Å². The molecule has 0 saturated carbocycles. The number of fused-ring (bicyclic) bond motifs is 1. The number of carbonyl (C=O) groups excluding carboxylic acids is 2. The molecule has 3 N–H and O–H groups in total. The normalized spacial score (nSPS) is 29.8. The molecule has 7 heteroatoms. The molecule has 1 fully saturated rings. The number of nitrogens with one attached hydrogen (secondary N) is 1. The van der Waals surface area contributed by atoms with Crippen LogP contribution >= 0.6 is 0 Å². The summed E-state index contributed by atoms with van der Waals surface area (Å²) in [6, 6.07) is 3.05. The topological polar surface area (TPSA) is 89.9 Å². The Labute approximate surface area is 113 Å². The predicted molar refractivity (Wildman–Crippen MR) is 65.1 cm³/mol. The lowest BCUT2D eigenvalue weighted by Crippen LogP contribution is -2.58. The largest absolute Gasteiger partial charge is 0.379 e. The van der Waals surface area contributed by atoms with Crippen LogP contribution in [-0.2, 0) is 0 Å². The number of carbonyl (C=O) groups is 2. The van der Waals surface area contributed by atoms with Gasteiger partial charge in [-0.25, -0.2) is 4.39 Å². The number of halogens is 1. The molecule has 20 heavy (non-hydrogen) atoms. The lowest BCUT2D eigenvalue weighted by atomic mass is 10.0. The van der Waals surface area contributed by atoms with Crippen LogP contribution in [0.25, 0.3) is 0 Å². The highest BCUT2D eigenvalue weighted by molar-refractivity contribution is 6.21. The smallest absolute Gasteiger partial charge is 0.264 e. The third-order valence-electron chi connectivity index (χ3n) is 3.69. The number of hydrogen-bond acceptors (Lipinski definition) is 5. The van der Waals surface area contributed by atoms with Crippen LogP contribution in [0.3, 0.4) is 0 Å². The first-order valence-electron chi connectivity index (χ1n) is 6.29. The molecular formula is C13H13FN2O4. The number of aliphatic hydroxyl groups excluding tert-OH is 2. The fraction of sp³-hybridized carbons (Fsp3) is 0.385. The van der Waals surface area contributed by atoms with Gasteiger partial charge in [0.05, 0.1) is 17.2 Å². The minimum Gasteiger partial charge on any atom is -0.379 e. The zero-order chi connectivity index (χ0) is 14.4. The predicted octanol–water partition coefficient (Wildman–Crippen LogP) is -0.190. The summed E-state index contributed by atoms with van der Waals surface area (Å²) in [5, 5.41) is 21.7. The van der Waals surface area contributed by atoms with E-state index in [1.807, 2.05) is 0 Å². The van der Waals surface area contributed by atoms with Crippen molar-refractivity contribution in [1.82, 2.24) is 10.2 Å². The third-order valence-corrected chi connectivity index (χ3v) is 3.69. The molecule has 1 aromatic rings. The minimum absolute atomic E-state index is 0.00771. The van der Waals surface area contributed by atoms with E-state index in [1.54, 1.807) is 0 Å². The van der Waals surface area contributed by atoms with Gasteiger partial charge in [0, 0.05) is 0 Å². The van der Waals surface area contributed by atoms with Crippen molar-refractivity contribution in [1.29, 1.82) is 0 Å². The summed E-state index contributed by atoms with van der Waals surface area (Å²) in [7, 11) is 0. The summed E-state index contributed by atoms with van der Waals surface area (Å²) >= 11 is 0. The standard InChI is InChI=1S/C13H13FN2O4/c14-7-3-1-2-6-10(7)13(20)16(12(6)19)8-4-5-9(17)15-11(8)18/h1-3,8-9,11,15,17-18H,4-5H2. The quantitative estimate of drug-likeness (QED) is 0.620. The van der Waals surface area contributed by atoms with Gasteiger partial charge in [0.2, 0.25) is 0 Å². The summed E-state index contributed by atoms with van der Waals surface area (Å²) in [5.74, 6) is -2.11. The highest BCUT2D eigenvalue weighted by Crippen LogP contribution is 2.30. The lowest BCUT2D eigenvalue weighted by Gasteiger charge is -2.36. The number of imide groups is 1. The number of benzene rings is 1. The van der Waals surface area contributed by atoms with E-state index < -0.39 is 36.1 Å². The summed E-state index contributed by atoms with van der Waals surface area (Å²) in [4.78, 5) is 25.3. The molecule has 106 valence electrons. The highest BCUT2D eigenvalue weighted by Gasteiger charge is 2.45. The van der Waals surface area contributed by atoms with Crippen molar-refractivity contribution < 1.29 is 24.2 Å². The molecule has 3 atom stereocenters. The van der Waals surface area contributed by atoms with Gasteiger partial charge in [0.1, 0.15) is 18.3 Å². The van der Waals surface area contributed by atoms with Gasteiger partial charge >= 0.3 is 0 Å². The Kier molecular flexibility index (Phi) is 3.04. The molecule has 2 amide bonds. The second-order valence-electron chi connectivity index (χ2n) is 4.91. The van der Waals surface area contributed by atoms with Gasteiger partial charge in [-0.15, -0.1) is 0 Å². The van der Waals surface area contributed by atoms with Crippen LogP contribution in [0.15, 0.2) is 18.2 Å². The fourth-order valence-corrected chi connectivity index (χ4v) is 2.71. The van der Waals surface area contributed by atoms with Crippen molar-refractivity contribution in [2.45, 2.75) is 31.3 Å². The lowest BCUT2D eigenvalue weighted by molar-refractivity contribution is -0.0413. The minimum atomic E-state index is -1.23. The van der Waals surface area contributed by atoms with E-state index in [0.717, 1.165) is 11.0 Å². The van der Waals surface area contributed by atoms with Crippen LogP contribution in [0.1, 0.15) is 33.6 Å². The molecular weight excluding hydrogens is 267 g/mol. The van der Waals surface area contributed by atoms with Crippen molar-refractivity contribution >= 4 is 11.8 Å². The zero-order valence-electron chi connectivity index (χ0n) is 10.4. The molecule has 0 spiro atoms. The van der Waals surface area contributed by atoms with Crippen molar-refractivity contribution in [2.24, 2.45) is 0 Å².